The molecule has 2 N–H and O–H groups in total. The summed E-state index contributed by atoms with van der Waals surface area (Å²) in [7, 11) is 1.85. The fraction of sp³-hybridized carbons (Fsp3) is 0.400. The maximum Gasteiger partial charge on any atom is 0.317 e. The third kappa shape index (κ3) is 2.72. The summed E-state index contributed by atoms with van der Waals surface area (Å²) in [5, 5.41) is 4.25. The Morgan fingerprint density at radius 3 is 3.00 bits per heavy atom. The molecule has 0 unspecified atom stereocenters. The largest absolute Gasteiger partial charge is 0.361 e. The number of aromatic amines is 1. The van der Waals surface area contributed by atoms with Gasteiger partial charge in [-0.15, -0.1) is 0 Å². The second-order valence-corrected chi connectivity index (χ2v) is 5.25. The molecule has 1 heterocycles. The first-order chi connectivity index (χ1) is 9.24. The second-order valence-electron chi connectivity index (χ2n) is 5.25. The summed E-state index contributed by atoms with van der Waals surface area (Å²) in [6.45, 7) is 0.737. The van der Waals surface area contributed by atoms with Crippen molar-refractivity contribution in [1.29, 1.82) is 0 Å². The average Bonchev–Trinajstić information content (AvgIpc) is 3.14. The van der Waals surface area contributed by atoms with Crippen LogP contribution in [0.3, 0.4) is 0 Å². The lowest BCUT2D eigenvalue weighted by Crippen LogP contribution is -2.39. The Hall–Kier alpha value is -1.97. The lowest BCUT2D eigenvalue weighted by atomic mass is 10.1. The molecule has 19 heavy (non-hydrogen) atoms. The smallest absolute Gasteiger partial charge is 0.317 e. The molecule has 4 nitrogen and oxygen atoms in total. The summed E-state index contributed by atoms with van der Waals surface area (Å²) >= 11 is 0. The van der Waals surface area contributed by atoms with E-state index < -0.39 is 0 Å². The van der Waals surface area contributed by atoms with Crippen LogP contribution in [0, 0.1) is 0 Å². The van der Waals surface area contributed by atoms with E-state index in [0.29, 0.717) is 6.04 Å². The molecule has 0 radical (unpaired) electrons. The monoisotopic (exact) mass is 257 g/mol. The quantitative estimate of drug-likeness (QED) is 0.868. The number of fused-ring (bicyclic) bond motifs is 1. The predicted molar refractivity (Wildman–Crippen MR) is 76.2 cm³/mol. The van der Waals surface area contributed by atoms with Crippen LogP contribution in [0.1, 0.15) is 18.4 Å². The number of benzene rings is 1. The minimum absolute atomic E-state index is 0.0438. The van der Waals surface area contributed by atoms with Gasteiger partial charge in [-0.2, -0.15) is 0 Å². The van der Waals surface area contributed by atoms with Crippen molar-refractivity contribution in [1.82, 2.24) is 15.2 Å². The molecule has 1 saturated carbocycles. The number of H-pyrrole nitrogens is 1. The van der Waals surface area contributed by atoms with Crippen LogP contribution in [0.25, 0.3) is 10.9 Å². The van der Waals surface area contributed by atoms with Gasteiger partial charge >= 0.3 is 6.03 Å². The lowest BCUT2D eigenvalue weighted by molar-refractivity contribution is 0.209. The molecule has 0 bridgehead atoms. The van der Waals surface area contributed by atoms with Gasteiger partial charge in [-0.25, -0.2) is 4.79 Å². The van der Waals surface area contributed by atoms with Crippen LogP contribution in [0.2, 0.25) is 0 Å². The molecule has 1 aromatic carbocycles. The van der Waals surface area contributed by atoms with E-state index >= 15 is 0 Å². The Balaban J connectivity index is 1.60. The SMILES string of the molecule is CN(CCc1c[nH]c2ccccc12)C(=O)NC1CC1. The maximum atomic E-state index is 11.8. The first-order valence-electron chi connectivity index (χ1n) is 6.80. The molecule has 1 aromatic heterocycles. The van der Waals surface area contributed by atoms with Crippen molar-refractivity contribution < 1.29 is 4.79 Å². The molecule has 0 saturated heterocycles. The molecule has 0 spiro atoms. The highest BCUT2D eigenvalue weighted by Gasteiger charge is 2.24. The standard InChI is InChI=1S/C15H19N3O/c1-18(15(19)17-12-6-7-12)9-8-11-10-16-14-5-3-2-4-13(11)14/h2-5,10,12,16H,6-9H2,1H3,(H,17,19). The molecule has 1 aliphatic carbocycles. The van der Waals surface area contributed by atoms with E-state index in [0.717, 1.165) is 31.3 Å². The zero-order chi connectivity index (χ0) is 13.2. The Morgan fingerprint density at radius 2 is 2.21 bits per heavy atom. The number of aromatic nitrogens is 1. The number of hydrogen-bond acceptors (Lipinski definition) is 1. The molecular weight excluding hydrogens is 238 g/mol. The van der Waals surface area contributed by atoms with Crippen molar-refractivity contribution in [2.45, 2.75) is 25.3 Å². The van der Waals surface area contributed by atoms with Crippen molar-refractivity contribution in [3.8, 4) is 0 Å². The number of carbonyl (C=O) groups is 1. The second kappa shape index (κ2) is 4.96. The van der Waals surface area contributed by atoms with Gasteiger partial charge in [0.05, 0.1) is 0 Å². The van der Waals surface area contributed by atoms with Crippen LogP contribution < -0.4 is 5.32 Å². The molecule has 1 aliphatic rings. The van der Waals surface area contributed by atoms with Crippen LogP contribution in [-0.4, -0.2) is 35.5 Å². The van der Waals surface area contributed by atoms with Crippen molar-refractivity contribution in [2.24, 2.45) is 0 Å². The number of carbonyl (C=O) groups excluding carboxylic acids is 1. The number of likely N-dealkylation sites (N-methyl/N-ethyl adjacent to an activating group) is 1. The average molecular weight is 257 g/mol. The Kier molecular flexibility index (Phi) is 3.15. The Labute approximate surface area is 112 Å². The maximum absolute atomic E-state index is 11.8. The normalized spacial score (nSPS) is 14.6. The summed E-state index contributed by atoms with van der Waals surface area (Å²) in [5.74, 6) is 0. The number of nitrogens with one attached hydrogen (secondary N) is 2. The van der Waals surface area contributed by atoms with Crippen molar-refractivity contribution in [3.05, 3.63) is 36.0 Å². The van der Waals surface area contributed by atoms with Crippen molar-refractivity contribution >= 4 is 16.9 Å². The van der Waals surface area contributed by atoms with Gasteiger partial charge in [-0.1, -0.05) is 18.2 Å². The fourth-order valence-electron chi connectivity index (χ4n) is 2.24. The molecule has 3 rings (SSSR count). The zero-order valence-electron chi connectivity index (χ0n) is 11.1. The lowest BCUT2D eigenvalue weighted by Gasteiger charge is -2.17. The number of nitrogens with zero attached hydrogens (tertiary/aromatic N) is 1. The molecule has 0 atom stereocenters. The highest BCUT2D eigenvalue weighted by Crippen LogP contribution is 2.20. The molecule has 100 valence electrons. The molecule has 1 fully saturated rings. The summed E-state index contributed by atoms with van der Waals surface area (Å²) in [4.78, 5) is 16.9. The van der Waals surface area contributed by atoms with Crippen molar-refractivity contribution in [2.75, 3.05) is 13.6 Å². The van der Waals surface area contributed by atoms with Gasteiger partial charge in [0, 0.05) is 36.7 Å². The van der Waals surface area contributed by atoms with Crippen LogP contribution in [0.5, 0.6) is 0 Å². The summed E-state index contributed by atoms with van der Waals surface area (Å²) in [6.07, 6.45) is 5.17. The summed E-state index contributed by atoms with van der Waals surface area (Å²) < 4.78 is 0. The number of amides is 2. The molecule has 2 amide bonds. The molecule has 4 heteroatoms. The fourth-order valence-corrected chi connectivity index (χ4v) is 2.24. The minimum atomic E-state index is 0.0438. The predicted octanol–water partition coefficient (Wildman–Crippen LogP) is 2.51. The van der Waals surface area contributed by atoms with E-state index in [2.05, 4.69) is 22.4 Å². The van der Waals surface area contributed by atoms with Gasteiger partial charge in [-0.3, -0.25) is 0 Å². The number of hydrogen-bond donors (Lipinski definition) is 2. The molecule has 2 aromatic rings. The Bertz CT molecular complexity index is 586. The Morgan fingerprint density at radius 1 is 1.42 bits per heavy atom. The third-order valence-electron chi connectivity index (χ3n) is 3.64. The summed E-state index contributed by atoms with van der Waals surface area (Å²) in [5.41, 5.74) is 2.42. The van der Waals surface area contributed by atoms with Gasteiger partial charge in [-0.05, 0) is 30.9 Å². The van der Waals surface area contributed by atoms with Gasteiger partial charge < -0.3 is 15.2 Å². The van der Waals surface area contributed by atoms with E-state index in [4.69, 9.17) is 0 Å². The van der Waals surface area contributed by atoms with Gasteiger partial charge in [0.25, 0.3) is 0 Å². The third-order valence-corrected chi connectivity index (χ3v) is 3.64. The van der Waals surface area contributed by atoms with Gasteiger partial charge in [0.2, 0.25) is 0 Å². The number of para-hydroxylation sites is 1. The number of rotatable bonds is 4. The number of urea groups is 1. The van der Waals surface area contributed by atoms with E-state index in [-0.39, 0.29) is 6.03 Å². The van der Waals surface area contributed by atoms with Gasteiger partial charge in [0.1, 0.15) is 0 Å². The molecular formula is C15H19N3O. The minimum Gasteiger partial charge on any atom is -0.361 e. The summed E-state index contributed by atoms with van der Waals surface area (Å²) in [6, 6.07) is 8.72. The van der Waals surface area contributed by atoms with Gasteiger partial charge in [0.15, 0.2) is 0 Å². The first-order valence-corrected chi connectivity index (χ1v) is 6.80. The van der Waals surface area contributed by atoms with Crippen LogP contribution in [-0.2, 0) is 6.42 Å². The van der Waals surface area contributed by atoms with Crippen LogP contribution in [0.15, 0.2) is 30.5 Å². The highest BCUT2D eigenvalue weighted by molar-refractivity contribution is 5.83. The highest BCUT2D eigenvalue weighted by atomic mass is 16.2. The topological polar surface area (TPSA) is 48.1 Å². The molecule has 0 aliphatic heterocycles. The van der Waals surface area contributed by atoms with E-state index in [1.807, 2.05) is 25.4 Å². The van der Waals surface area contributed by atoms with E-state index in [1.165, 1.54) is 10.9 Å². The van der Waals surface area contributed by atoms with Crippen molar-refractivity contribution in [3.63, 3.8) is 0 Å². The first kappa shape index (κ1) is 12.1. The zero-order valence-corrected chi connectivity index (χ0v) is 11.1. The van der Waals surface area contributed by atoms with Crippen LogP contribution >= 0.6 is 0 Å². The van der Waals surface area contributed by atoms with Crippen LogP contribution in [0.4, 0.5) is 4.79 Å². The van der Waals surface area contributed by atoms with E-state index in [9.17, 15) is 4.79 Å². The van der Waals surface area contributed by atoms with E-state index in [1.54, 1.807) is 4.90 Å².